The molecule has 1 aliphatic rings. The van der Waals surface area contributed by atoms with Crippen LogP contribution in [0.2, 0.25) is 98.2 Å². The molecule has 0 aromatic heterocycles. The number of hydrogen-bond acceptors (Lipinski definition) is 6. The predicted molar refractivity (Wildman–Crippen MR) is 147 cm³/mol. The van der Waals surface area contributed by atoms with Crippen LogP contribution in [0.5, 0.6) is 0 Å². The summed E-state index contributed by atoms with van der Waals surface area (Å²) in [4.78, 5) is 0. The fraction of sp³-hybridized carbons (Fsp3) is 1.00. The molecule has 0 amide bonds. The van der Waals surface area contributed by atoms with Crippen LogP contribution in [0.1, 0.15) is 0 Å². The Labute approximate surface area is 203 Å². The van der Waals surface area contributed by atoms with Crippen LogP contribution >= 0.6 is 0 Å². The Balaban J connectivity index is 3.53. The molecule has 6 nitrogen and oxygen atoms in total. The van der Waals surface area contributed by atoms with Gasteiger partial charge in [-0.25, -0.2) is 0 Å². The molecule has 11 heteroatoms. The van der Waals surface area contributed by atoms with Crippen LogP contribution in [-0.2, 0) is 26.9 Å². The van der Waals surface area contributed by atoms with E-state index in [1.165, 1.54) is 0 Å². The minimum absolute atomic E-state index is 0.244. The van der Waals surface area contributed by atoms with Crippen molar-refractivity contribution in [3.63, 3.8) is 0 Å². The molecule has 0 N–H and O–H groups in total. The monoisotopic (exact) mass is 540 g/mol. The minimum Gasteiger partial charge on any atom is -0.415 e. The molecule has 0 aliphatic carbocycles. The average Bonchev–Trinajstić information content (AvgIpc) is 2.71. The van der Waals surface area contributed by atoms with Gasteiger partial charge < -0.3 is 26.9 Å². The molecule has 0 spiro atoms. The first-order valence-corrected chi connectivity index (χ1v) is 29.0. The van der Waals surface area contributed by atoms with Gasteiger partial charge in [0, 0.05) is 0 Å². The van der Waals surface area contributed by atoms with E-state index in [4.69, 9.17) is 26.9 Å². The third kappa shape index (κ3) is 11.5. The van der Waals surface area contributed by atoms with Crippen LogP contribution in [0.4, 0.5) is 0 Å². The van der Waals surface area contributed by atoms with Gasteiger partial charge in [-0.05, 0) is 98.2 Å². The SMILES string of the molecule is C[Si](C)(C)OC[C@H]1O[C@@](CO[Si](C)(C)C)(O[Si](C)(C)C)[C@H](O[Si](C)(C)C)[C@@H]1O[Si](C)(C)C. The Kier molecular flexibility index (Phi) is 10.1. The highest BCUT2D eigenvalue weighted by atomic mass is 28.4. The van der Waals surface area contributed by atoms with Crippen LogP contribution < -0.4 is 0 Å². The van der Waals surface area contributed by atoms with Crippen molar-refractivity contribution in [2.24, 2.45) is 0 Å². The second-order valence-electron chi connectivity index (χ2n) is 13.9. The van der Waals surface area contributed by atoms with Gasteiger partial charge in [0.1, 0.15) is 18.3 Å². The van der Waals surface area contributed by atoms with E-state index < -0.39 is 47.4 Å². The van der Waals surface area contributed by atoms with Crippen LogP contribution in [0.15, 0.2) is 0 Å². The van der Waals surface area contributed by atoms with Crippen molar-refractivity contribution < 1.29 is 26.9 Å². The molecular formula is C21H52O6Si5. The van der Waals surface area contributed by atoms with Crippen molar-refractivity contribution in [1.29, 1.82) is 0 Å². The van der Waals surface area contributed by atoms with Gasteiger partial charge >= 0.3 is 0 Å². The van der Waals surface area contributed by atoms with E-state index in [2.05, 4.69) is 98.2 Å². The van der Waals surface area contributed by atoms with Gasteiger partial charge in [0.05, 0.1) is 13.2 Å². The predicted octanol–water partition coefficient (Wildman–Crippen LogP) is 6.08. The van der Waals surface area contributed by atoms with Crippen molar-refractivity contribution in [2.75, 3.05) is 13.2 Å². The number of ether oxygens (including phenoxy) is 1. The van der Waals surface area contributed by atoms with Crippen molar-refractivity contribution in [3.8, 4) is 0 Å². The zero-order chi connectivity index (χ0) is 25.4. The molecule has 0 aromatic carbocycles. The Morgan fingerprint density at radius 1 is 0.594 bits per heavy atom. The molecule has 192 valence electrons. The normalized spacial score (nSPS) is 28.4. The topological polar surface area (TPSA) is 55.4 Å². The molecule has 1 saturated heterocycles. The lowest BCUT2D eigenvalue weighted by Crippen LogP contribution is -2.59. The van der Waals surface area contributed by atoms with E-state index in [9.17, 15) is 0 Å². The minimum atomic E-state index is -2.02. The summed E-state index contributed by atoms with van der Waals surface area (Å²) >= 11 is 0. The molecule has 32 heavy (non-hydrogen) atoms. The standard InChI is InChI=1S/C21H52O6Si5/c1-28(2,3)22-16-18-19(25-30(7,8)9)20(26-31(10,11)12)21(24-18,27-32(13,14)15)17-23-29(4,5)6/h18-20H,16-17H2,1-15H3/t18-,19-,20-,21+/m1/s1. The van der Waals surface area contributed by atoms with E-state index in [0.29, 0.717) is 13.2 Å². The van der Waals surface area contributed by atoms with E-state index in [1.54, 1.807) is 0 Å². The Morgan fingerprint density at radius 3 is 1.44 bits per heavy atom. The molecule has 1 rings (SSSR count). The Morgan fingerprint density at radius 2 is 1.06 bits per heavy atom. The van der Waals surface area contributed by atoms with Gasteiger partial charge in [-0.2, -0.15) is 0 Å². The molecular weight excluding hydrogens is 489 g/mol. The largest absolute Gasteiger partial charge is 0.415 e. The lowest BCUT2D eigenvalue weighted by Gasteiger charge is -2.43. The lowest BCUT2D eigenvalue weighted by atomic mass is 10.1. The third-order valence-electron chi connectivity index (χ3n) is 4.29. The zero-order valence-electron chi connectivity index (χ0n) is 23.6. The summed E-state index contributed by atoms with van der Waals surface area (Å²) in [5, 5.41) is 0. The van der Waals surface area contributed by atoms with Gasteiger partial charge in [-0.15, -0.1) is 0 Å². The van der Waals surface area contributed by atoms with Crippen molar-refractivity contribution in [1.82, 2.24) is 0 Å². The maximum absolute atomic E-state index is 6.85. The second kappa shape index (κ2) is 10.4. The van der Waals surface area contributed by atoms with Crippen molar-refractivity contribution >= 4 is 41.6 Å². The highest BCUT2D eigenvalue weighted by molar-refractivity contribution is 6.71. The average molecular weight is 541 g/mol. The van der Waals surface area contributed by atoms with Crippen LogP contribution in [-0.4, -0.2) is 78.9 Å². The Bertz CT molecular complexity index is 600. The summed E-state index contributed by atoms with van der Waals surface area (Å²) in [6.07, 6.45) is -0.845. The maximum atomic E-state index is 6.85. The molecule has 0 saturated carbocycles. The first-order valence-electron chi connectivity index (χ1n) is 11.9. The van der Waals surface area contributed by atoms with Gasteiger partial charge in [0.2, 0.25) is 5.79 Å². The summed E-state index contributed by atoms with van der Waals surface area (Å²) in [5.74, 6) is -0.983. The van der Waals surface area contributed by atoms with Gasteiger partial charge in [0.15, 0.2) is 41.6 Å². The van der Waals surface area contributed by atoms with E-state index in [0.717, 1.165) is 0 Å². The van der Waals surface area contributed by atoms with E-state index in [-0.39, 0.29) is 18.3 Å². The molecule has 4 atom stereocenters. The van der Waals surface area contributed by atoms with E-state index >= 15 is 0 Å². The summed E-state index contributed by atoms with van der Waals surface area (Å²) in [5.41, 5.74) is 0. The number of hydrogen-bond donors (Lipinski definition) is 0. The fourth-order valence-corrected chi connectivity index (χ4v) is 8.17. The van der Waals surface area contributed by atoms with E-state index in [1.807, 2.05) is 0 Å². The maximum Gasteiger partial charge on any atom is 0.210 e. The van der Waals surface area contributed by atoms with Crippen LogP contribution in [0.3, 0.4) is 0 Å². The first-order chi connectivity index (χ1) is 13.9. The molecule has 0 aromatic rings. The smallest absolute Gasteiger partial charge is 0.210 e. The number of rotatable bonds is 12. The first kappa shape index (κ1) is 30.9. The summed E-state index contributed by atoms with van der Waals surface area (Å²) in [6.45, 7) is 33.9. The van der Waals surface area contributed by atoms with Crippen LogP contribution in [0.25, 0.3) is 0 Å². The summed E-state index contributed by atoms with van der Waals surface area (Å²) < 4.78 is 40.1. The second-order valence-corrected chi connectivity index (χ2v) is 36.2. The molecule has 1 heterocycles. The summed E-state index contributed by atoms with van der Waals surface area (Å²) in [7, 11) is -9.43. The Hall–Kier alpha value is 0.844. The van der Waals surface area contributed by atoms with Crippen molar-refractivity contribution in [2.45, 2.75) is 122 Å². The van der Waals surface area contributed by atoms with Gasteiger partial charge in [-0.1, -0.05) is 0 Å². The molecule has 1 aliphatic heterocycles. The lowest BCUT2D eigenvalue weighted by molar-refractivity contribution is -0.229. The zero-order valence-corrected chi connectivity index (χ0v) is 28.6. The third-order valence-corrected chi connectivity index (χ3v) is 9.23. The highest BCUT2D eigenvalue weighted by Gasteiger charge is 2.61. The van der Waals surface area contributed by atoms with Gasteiger partial charge in [-0.3, -0.25) is 0 Å². The molecule has 0 radical (unpaired) electrons. The molecule has 1 fully saturated rings. The molecule has 0 bridgehead atoms. The molecule has 0 unspecified atom stereocenters. The quantitative estimate of drug-likeness (QED) is 0.280. The highest BCUT2D eigenvalue weighted by Crippen LogP contribution is 2.42. The summed E-state index contributed by atoms with van der Waals surface area (Å²) in [6, 6.07) is 0. The van der Waals surface area contributed by atoms with Crippen LogP contribution in [0, 0.1) is 0 Å². The fourth-order valence-electron chi connectivity index (χ4n) is 3.44. The van der Waals surface area contributed by atoms with Crippen molar-refractivity contribution in [3.05, 3.63) is 0 Å². The van der Waals surface area contributed by atoms with Gasteiger partial charge in [0.25, 0.3) is 0 Å².